The van der Waals surface area contributed by atoms with Crippen LogP contribution >= 0.6 is 15.9 Å². The lowest BCUT2D eigenvalue weighted by Gasteiger charge is -2.06. The van der Waals surface area contributed by atoms with Gasteiger partial charge in [-0.05, 0) is 57.9 Å². The minimum Gasteiger partial charge on any atom is -0.496 e. The van der Waals surface area contributed by atoms with Crippen LogP contribution in [0.4, 0.5) is 0 Å². The number of hydrogen-bond donors (Lipinski definition) is 0. The van der Waals surface area contributed by atoms with E-state index in [0.29, 0.717) is 21.5 Å². The fourth-order valence-electron chi connectivity index (χ4n) is 2.06. The fourth-order valence-corrected chi connectivity index (χ4v) is 2.60. The number of benzene rings is 2. The minimum atomic E-state index is -0.624. The van der Waals surface area contributed by atoms with Crippen molar-refractivity contribution in [2.45, 2.75) is 0 Å². The van der Waals surface area contributed by atoms with Gasteiger partial charge in [0, 0.05) is 11.6 Å². The molecule has 0 bridgehead atoms. The molecule has 7 heteroatoms. The van der Waals surface area contributed by atoms with Crippen LogP contribution in [0.2, 0.25) is 0 Å². The summed E-state index contributed by atoms with van der Waals surface area (Å²) in [5.41, 5.74) is 1.16. The van der Waals surface area contributed by atoms with E-state index in [4.69, 9.17) is 19.5 Å². The second kappa shape index (κ2) is 10.1. The van der Waals surface area contributed by atoms with Crippen LogP contribution in [0.1, 0.15) is 15.9 Å². The summed E-state index contributed by atoms with van der Waals surface area (Å²) in [7, 11) is 1.53. The van der Waals surface area contributed by atoms with E-state index in [1.165, 1.54) is 13.2 Å². The summed E-state index contributed by atoms with van der Waals surface area (Å²) in [5.74, 6) is 0.225. The van der Waals surface area contributed by atoms with Gasteiger partial charge >= 0.3 is 5.97 Å². The molecule has 0 saturated heterocycles. The summed E-state index contributed by atoms with van der Waals surface area (Å²) in [6, 6.07) is 13.6. The number of ether oxygens (including phenoxy) is 3. The van der Waals surface area contributed by atoms with Gasteiger partial charge < -0.3 is 14.2 Å². The van der Waals surface area contributed by atoms with E-state index in [1.807, 2.05) is 6.07 Å². The number of rotatable bonds is 8. The van der Waals surface area contributed by atoms with Crippen LogP contribution in [-0.4, -0.2) is 32.1 Å². The fraction of sp³-hybridized carbons (Fsp3) is 0.150. The molecule has 2 aromatic carbocycles. The third kappa shape index (κ3) is 6.28. The first-order valence-corrected chi connectivity index (χ1v) is 8.64. The Morgan fingerprint density at radius 1 is 1.19 bits per heavy atom. The molecule has 0 aliphatic rings. The van der Waals surface area contributed by atoms with Gasteiger partial charge in [-0.3, -0.25) is 4.79 Å². The normalized spacial score (nSPS) is 10.3. The van der Waals surface area contributed by atoms with Crippen molar-refractivity contribution in [2.24, 2.45) is 0 Å². The number of carbonyl (C=O) groups is 2. The quantitative estimate of drug-likeness (QED) is 0.360. The van der Waals surface area contributed by atoms with Crippen LogP contribution in [0.25, 0.3) is 6.08 Å². The van der Waals surface area contributed by atoms with Gasteiger partial charge in [-0.25, -0.2) is 4.79 Å². The number of esters is 1. The number of carbonyl (C=O) groups excluding carboxylic acids is 2. The third-order valence-electron chi connectivity index (χ3n) is 3.41. The van der Waals surface area contributed by atoms with E-state index < -0.39 is 5.97 Å². The zero-order valence-electron chi connectivity index (χ0n) is 14.5. The van der Waals surface area contributed by atoms with E-state index in [2.05, 4.69) is 15.9 Å². The standard InChI is InChI=1S/C20H16BrNO5/c1-25-19-8-5-15(12-17(19)21)18(23)13-27-20(24)9-4-14-2-6-16(7-3-14)26-11-10-22/h2-9,12H,11,13H2,1H3/b9-4+. The molecule has 0 fully saturated rings. The lowest BCUT2D eigenvalue weighted by Crippen LogP contribution is -2.12. The highest BCUT2D eigenvalue weighted by molar-refractivity contribution is 9.10. The van der Waals surface area contributed by atoms with Gasteiger partial charge in [0.25, 0.3) is 0 Å². The number of halogens is 1. The Labute approximate surface area is 165 Å². The van der Waals surface area contributed by atoms with E-state index in [0.717, 1.165) is 5.56 Å². The largest absolute Gasteiger partial charge is 0.496 e. The number of ketones is 1. The molecule has 0 aromatic heterocycles. The maximum absolute atomic E-state index is 12.1. The molecule has 0 saturated carbocycles. The summed E-state index contributed by atoms with van der Waals surface area (Å²) in [6.07, 6.45) is 2.80. The lowest BCUT2D eigenvalue weighted by atomic mass is 10.1. The lowest BCUT2D eigenvalue weighted by molar-refractivity contribution is -0.136. The Morgan fingerprint density at radius 2 is 1.93 bits per heavy atom. The van der Waals surface area contributed by atoms with Crippen LogP contribution in [0.3, 0.4) is 0 Å². The first-order valence-electron chi connectivity index (χ1n) is 7.85. The van der Waals surface area contributed by atoms with E-state index in [-0.39, 0.29) is 19.0 Å². The zero-order chi connectivity index (χ0) is 19.6. The summed E-state index contributed by atoms with van der Waals surface area (Å²) >= 11 is 3.30. The SMILES string of the molecule is COc1ccc(C(=O)COC(=O)/C=C/c2ccc(OCC#N)cc2)cc1Br. The van der Waals surface area contributed by atoms with Crippen molar-refractivity contribution in [3.8, 4) is 17.6 Å². The van der Waals surface area contributed by atoms with Crippen molar-refractivity contribution in [1.29, 1.82) is 5.26 Å². The summed E-state index contributed by atoms with van der Waals surface area (Å²) < 4.78 is 15.9. The highest BCUT2D eigenvalue weighted by Crippen LogP contribution is 2.25. The predicted molar refractivity (Wildman–Crippen MR) is 103 cm³/mol. The predicted octanol–water partition coefficient (Wildman–Crippen LogP) is 3.80. The van der Waals surface area contributed by atoms with Gasteiger partial charge in [0.1, 0.15) is 17.6 Å². The molecule has 0 spiro atoms. The van der Waals surface area contributed by atoms with Crippen LogP contribution < -0.4 is 9.47 Å². The first kappa shape index (κ1) is 20.2. The molecule has 0 radical (unpaired) electrons. The molecular formula is C20H16BrNO5. The van der Waals surface area contributed by atoms with Gasteiger partial charge in [-0.1, -0.05) is 12.1 Å². The molecule has 2 aromatic rings. The molecule has 27 heavy (non-hydrogen) atoms. The van der Waals surface area contributed by atoms with Crippen molar-refractivity contribution in [3.05, 3.63) is 64.1 Å². The number of nitrogens with zero attached hydrogens (tertiary/aromatic N) is 1. The Kier molecular flexibility index (Phi) is 7.59. The average Bonchev–Trinajstić information content (AvgIpc) is 2.69. The molecule has 0 heterocycles. The number of methoxy groups -OCH3 is 1. The molecule has 0 N–H and O–H groups in total. The van der Waals surface area contributed by atoms with Gasteiger partial charge in [-0.2, -0.15) is 5.26 Å². The van der Waals surface area contributed by atoms with Crippen LogP contribution in [0, 0.1) is 11.3 Å². The second-order valence-corrected chi connectivity index (χ2v) is 6.08. The average molecular weight is 430 g/mol. The summed E-state index contributed by atoms with van der Waals surface area (Å²) in [6.45, 7) is -0.386. The van der Waals surface area contributed by atoms with Crippen molar-refractivity contribution >= 4 is 33.8 Å². The molecule has 0 aliphatic carbocycles. The first-order chi connectivity index (χ1) is 13.0. The van der Waals surface area contributed by atoms with Gasteiger partial charge in [-0.15, -0.1) is 0 Å². The third-order valence-corrected chi connectivity index (χ3v) is 4.03. The number of nitriles is 1. The second-order valence-electron chi connectivity index (χ2n) is 5.23. The maximum atomic E-state index is 12.1. The molecule has 6 nitrogen and oxygen atoms in total. The molecule has 0 aliphatic heterocycles. The highest BCUT2D eigenvalue weighted by atomic mass is 79.9. The highest BCUT2D eigenvalue weighted by Gasteiger charge is 2.11. The molecule has 2 rings (SSSR count). The molecule has 0 unspecified atom stereocenters. The van der Waals surface area contributed by atoms with Crippen molar-refractivity contribution < 1.29 is 23.8 Å². The summed E-state index contributed by atoms with van der Waals surface area (Å²) in [4.78, 5) is 23.9. The number of Topliss-reactive ketones (excluding diaryl/α,β-unsaturated/α-hetero) is 1. The van der Waals surface area contributed by atoms with E-state index in [9.17, 15) is 9.59 Å². The molecule has 138 valence electrons. The Bertz CT molecular complexity index is 884. The van der Waals surface area contributed by atoms with Gasteiger partial charge in [0.05, 0.1) is 11.6 Å². The smallest absolute Gasteiger partial charge is 0.331 e. The van der Waals surface area contributed by atoms with E-state index in [1.54, 1.807) is 48.5 Å². The van der Waals surface area contributed by atoms with Gasteiger partial charge in [0.15, 0.2) is 19.0 Å². The Hall–Kier alpha value is -3.11. The monoisotopic (exact) mass is 429 g/mol. The zero-order valence-corrected chi connectivity index (χ0v) is 16.1. The molecule has 0 atom stereocenters. The minimum absolute atomic E-state index is 0.0275. The van der Waals surface area contributed by atoms with Crippen LogP contribution in [0.15, 0.2) is 53.0 Å². The van der Waals surface area contributed by atoms with Gasteiger partial charge in [0.2, 0.25) is 0 Å². The van der Waals surface area contributed by atoms with E-state index >= 15 is 0 Å². The Morgan fingerprint density at radius 3 is 2.56 bits per heavy atom. The topological polar surface area (TPSA) is 85.6 Å². The van der Waals surface area contributed by atoms with Crippen LogP contribution in [0.5, 0.6) is 11.5 Å². The van der Waals surface area contributed by atoms with Crippen molar-refractivity contribution in [1.82, 2.24) is 0 Å². The maximum Gasteiger partial charge on any atom is 0.331 e. The van der Waals surface area contributed by atoms with Crippen molar-refractivity contribution in [3.63, 3.8) is 0 Å². The molecule has 0 amide bonds. The Balaban J connectivity index is 1.86. The number of hydrogen-bond acceptors (Lipinski definition) is 6. The van der Waals surface area contributed by atoms with Crippen LogP contribution in [-0.2, 0) is 9.53 Å². The van der Waals surface area contributed by atoms with Crippen molar-refractivity contribution in [2.75, 3.05) is 20.3 Å². The molecular weight excluding hydrogens is 414 g/mol. The summed E-state index contributed by atoms with van der Waals surface area (Å²) in [5, 5.41) is 8.46.